The fourth-order valence-electron chi connectivity index (χ4n) is 3.32. The molecule has 2 unspecified atom stereocenters. The van der Waals surface area contributed by atoms with Crippen LogP contribution in [0, 0.1) is 0 Å². The van der Waals surface area contributed by atoms with Gasteiger partial charge in [-0.1, -0.05) is 59.0 Å². The average Bonchev–Trinajstić information content (AvgIpc) is 3.42. The first-order valence-corrected chi connectivity index (χ1v) is 11.5. The molecule has 1 fully saturated rings. The summed E-state index contributed by atoms with van der Waals surface area (Å²) in [5, 5.41) is 10.2. The van der Waals surface area contributed by atoms with Gasteiger partial charge in [-0.15, -0.1) is 4.31 Å². The minimum Gasteiger partial charge on any atom is -0.597 e. The number of aliphatic hydroxyl groups is 1. The highest BCUT2D eigenvalue weighted by Gasteiger charge is 2.46. The van der Waals surface area contributed by atoms with E-state index in [-0.39, 0.29) is 20.8 Å². The van der Waals surface area contributed by atoms with Crippen LogP contribution >= 0.6 is 22.6 Å². The number of benzene rings is 1. The maximum atomic E-state index is 13.4. The summed E-state index contributed by atoms with van der Waals surface area (Å²) in [5.74, 6) is 0. The quantitative estimate of drug-likeness (QED) is 0.285. The van der Waals surface area contributed by atoms with E-state index in [1.54, 1.807) is 0 Å². The summed E-state index contributed by atoms with van der Waals surface area (Å²) in [7, 11) is 0. The molecule has 1 N–H and O–H groups in total. The molecule has 144 valence electrons. The van der Waals surface area contributed by atoms with Crippen LogP contribution in [-0.2, 0) is 22.6 Å². The number of ether oxygens (including phenoxy) is 1. The second-order valence-corrected chi connectivity index (χ2v) is 11.8. The fraction of sp³-hybridized carbons (Fsp3) is 0.600. The van der Waals surface area contributed by atoms with Gasteiger partial charge in [0.25, 0.3) is 0 Å². The standard InChI is InChI=1S/C20H28INO3S/c1-20(2,3)26(24)22(13-14-7-5-4-6-8-14)18(15-9-10-15)17-12-11-16(21)19(23)25-17/h4-9,16-19,23H,10-13H2,1-3H3/t16?,17-,18-,19?,26-/m0/s1. The minimum atomic E-state index is -1.18. The van der Waals surface area contributed by atoms with Crippen molar-refractivity contribution in [2.45, 2.75) is 73.7 Å². The van der Waals surface area contributed by atoms with Crippen molar-refractivity contribution in [1.82, 2.24) is 4.31 Å². The molecule has 1 saturated heterocycles. The summed E-state index contributed by atoms with van der Waals surface area (Å²) in [6.45, 7) is 6.64. The Kier molecular flexibility index (Phi) is 6.73. The van der Waals surface area contributed by atoms with Crippen molar-refractivity contribution in [3.8, 4) is 0 Å². The maximum Gasteiger partial charge on any atom is 0.166 e. The Morgan fingerprint density at radius 1 is 1.31 bits per heavy atom. The van der Waals surface area contributed by atoms with Crippen LogP contribution < -0.4 is 0 Å². The molecule has 5 atom stereocenters. The van der Waals surface area contributed by atoms with Crippen LogP contribution in [0.15, 0.2) is 42.0 Å². The molecule has 26 heavy (non-hydrogen) atoms. The Morgan fingerprint density at radius 2 is 1.96 bits per heavy atom. The number of alkyl halides is 1. The van der Waals surface area contributed by atoms with Crippen LogP contribution in [0.5, 0.6) is 0 Å². The first-order valence-electron chi connectivity index (χ1n) is 9.16. The number of allylic oxidation sites excluding steroid dienone is 1. The van der Waals surface area contributed by atoms with Crippen molar-refractivity contribution >= 4 is 34.0 Å². The van der Waals surface area contributed by atoms with Gasteiger partial charge >= 0.3 is 0 Å². The van der Waals surface area contributed by atoms with Gasteiger partial charge < -0.3 is 14.4 Å². The maximum absolute atomic E-state index is 13.4. The van der Waals surface area contributed by atoms with E-state index < -0.39 is 17.7 Å². The number of rotatable bonds is 6. The lowest BCUT2D eigenvalue weighted by Crippen LogP contribution is -2.54. The third-order valence-corrected chi connectivity index (χ3v) is 7.82. The van der Waals surface area contributed by atoms with Gasteiger partial charge in [0.2, 0.25) is 0 Å². The first kappa shape index (κ1) is 20.6. The van der Waals surface area contributed by atoms with Crippen LogP contribution in [0.2, 0.25) is 0 Å². The van der Waals surface area contributed by atoms with E-state index in [4.69, 9.17) is 4.74 Å². The van der Waals surface area contributed by atoms with Gasteiger partial charge in [0.15, 0.2) is 6.29 Å². The topological polar surface area (TPSA) is 55.8 Å². The first-order chi connectivity index (χ1) is 12.3. The van der Waals surface area contributed by atoms with E-state index in [0.29, 0.717) is 6.54 Å². The summed E-state index contributed by atoms with van der Waals surface area (Å²) in [5.41, 5.74) is 2.42. The van der Waals surface area contributed by atoms with Crippen LogP contribution in [0.1, 0.15) is 45.6 Å². The van der Waals surface area contributed by atoms with E-state index in [1.807, 2.05) is 39.0 Å². The van der Waals surface area contributed by atoms with Crippen molar-refractivity contribution in [3.05, 3.63) is 47.5 Å². The second kappa shape index (κ2) is 8.49. The zero-order valence-electron chi connectivity index (χ0n) is 15.6. The summed E-state index contributed by atoms with van der Waals surface area (Å²) in [6.07, 6.45) is 4.05. The molecule has 0 aromatic heterocycles. The second-order valence-electron chi connectivity index (χ2n) is 8.01. The molecule has 1 heterocycles. The predicted molar refractivity (Wildman–Crippen MR) is 114 cm³/mol. The summed E-state index contributed by atoms with van der Waals surface area (Å²) < 4.78 is 21.2. The number of nitrogens with zero attached hydrogens (tertiary/aromatic N) is 1. The van der Waals surface area contributed by atoms with Gasteiger partial charge in [-0.2, -0.15) is 0 Å². The summed E-state index contributed by atoms with van der Waals surface area (Å²) >= 11 is 1.07. The number of halogens is 1. The smallest absolute Gasteiger partial charge is 0.166 e. The fourth-order valence-corrected chi connectivity index (χ4v) is 5.29. The third kappa shape index (κ3) is 5.02. The van der Waals surface area contributed by atoms with Crippen LogP contribution in [-0.4, -0.2) is 41.1 Å². The SMILES string of the molecule is CC(C)(C)[S@+]([O-])N(Cc1ccccc1)[C@@H](C1=CC1)[C@@H]1CCC(I)C(O)O1. The van der Waals surface area contributed by atoms with Gasteiger partial charge in [-0.25, -0.2) is 0 Å². The lowest BCUT2D eigenvalue weighted by molar-refractivity contribution is -0.165. The monoisotopic (exact) mass is 489 g/mol. The summed E-state index contributed by atoms with van der Waals surface area (Å²) in [4.78, 5) is 0. The van der Waals surface area contributed by atoms with Crippen molar-refractivity contribution in [2.24, 2.45) is 0 Å². The van der Waals surface area contributed by atoms with Gasteiger partial charge in [0.05, 0.1) is 16.6 Å². The van der Waals surface area contributed by atoms with Gasteiger partial charge in [-0.3, -0.25) is 0 Å². The highest BCUT2D eigenvalue weighted by molar-refractivity contribution is 14.1. The van der Waals surface area contributed by atoms with E-state index in [9.17, 15) is 9.66 Å². The van der Waals surface area contributed by atoms with Gasteiger partial charge in [0, 0.05) is 11.4 Å². The van der Waals surface area contributed by atoms with Crippen molar-refractivity contribution in [2.75, 3.05) is 0 Å². The molecule has 0 amide bonds. The van der Waals surface area contributed by atoms with E-state index >= 15 is 0 Å². The zero-order valence-corrected chi connectivity index (χ0v) is 18.6. The van der Waals surface area contributed by atoms with Crippen LogP contribution in [0.4, 0.5) is 0 Å². The number of hydrogen-bond acceptors (Lipinski definition) is 4. The van der Waals surface area contributed by atoms with E-state index in [0.717, 1.165) is 24.8 Å². The molecule has 1 aliphatic carbocycles. The largest absolute Gasteiger partial charge is 0.597 e. The average molecular weight is 489 g/mol. The highest BCUT2D eigenvalue weighted by Crippen LogP contribution is 2.39. The summed E-state index contributed by atoms with van der Waals surface area (Å²) in [6, 6.07) is 10.1. The normalized spacial score (nSPS) is 28.6. The molecular weight excluding hydrogens is 461 g/mol. The molecule has 0 radical (unpaired) electrons. The van der Waals surface area contributed by atoms with E-state index in [2.05, 4.69) is 45.1 Å². The lowest BCUT2D eigenvalue weighted by atomic mass is 9.99. The molecule has 4 nitrogen and oxygen atoms in total. The van der Waals surface area contributed by atoms with Crippen molar-refractivity contribution in [1.29, 1.82) is 0 Å². The Bertz CT molecular complexity index is 634. The van der Waals surface area contributed by atoms with Crippen LogP contribution in [0.25, 0.3) is 0 Å². The van der Waals surface area contributed by atoms with Gasteiger partial charge in [-0.05, 0) is 51.2 Å². The zero-order chi connectivity index (χ0) is 18.9. The molecule has 0 spiro atoms. The number of aliphatic hydroxyl groups excluding tert-OH is 1. The van der Waals surface area contributed by atoms with Crippen molar-refractivity contribution in [3.63, 3.8) is 0 Å². The molecule has 0 saturated carbocycles. The molecule has 2 aliphatic rings. The van der Waals surface area contributed by atoms with E-state index in [1.165, 1.54) is 5.57 Å². The Hall–Kier alpha value is -0.120. The molecule has 1 aromatic rings. The molecule has 0 bridgehead atoms. The number of hydrogen-bond donors (Lipinski definition) is 1. The molecule has 3 rings (SSSR count). The molecule has 1 aromatic carbocycles. The molecular formula is C20H28INO3S. The van der Waals surface area contributed by atoms with Crippen LogP contribution in [0.3, 0.4) is 0 Å². The highest BCUT2D eigenvalue weighted by atomic mass is 127. The third-order valence-electron chi connectivity index (χ3n) is 4.75. The lowest BCUT2D eigenvalue weighted by Gasteiger charge is -2.42. The predicted octanol–water partition coefficient (Wildman–Crippen LogP) is 3.95. The minimum absolute atomic E-state index is 0.0474. The molecule has 6 heteroatoms. The van der Waals surface area contributed by atoms with Crippen molar-refractivity contribution < 1.29 is 14.4 Å². The Morgan fingerprint density at radius 3 is 2.50 bits per heavy atom. The Labute approximate surface area is 173 Å². The Balaban J connectivity index is 1.88. The molecule has 1 aliphatic heterocycles. The van der Waals surface area contributed by atoms with Gasteiger partial charge in [0.1, 0.15) is 10.8 Å².